The van der Waals surface area contributed by atoms with Gasteiger partial charge in [0, 0.05) is 30.5 Å². The highest BCUT2D eigenvalue weighted by Crippen LogP contribution is 2.06. The van der Waals surface area contributed by atoms with E-state index in [1.54, 1.807) is 6.20 Å². The van der Waals surface area contributed by atoms with Crippen molar-refractivity contribution in [3.63, 3.8) is 0 Å². The fraction of sp³-hybridized carbons (Fsp3) is 0.364. The molecule has 5 N–H and O–H groups in total. The van der Waals surface area contributed by atoms with Gasteiger partial charge in [-0.15, -0.1) is 0 Å². The van der Waals surface area contributed by atoms with Crippen LogP contribution in [0.3, 0.4) is 0 Å². The van der Waals surface area contributed by atoms with E-state index in [0.717, 1.165) is 25.1 Å². The molecule has 1 amide bonds. The molecule has 0 saturated carbocycles. The Kier molecular flexibility index (Phi) is 11.6. The average molecular weight is 447 g/mol. The Balaban J connectivity index is 0.000000433. The van der Waals surface area contributed by atoms with Gasteiger partial charge in [-0.25, -0.2) is 9.59 Å². The van der Waals surface area contributed by atoms with Crippen LogP contribution in [0.4, 0.5) is 0 Å². The summed E-state index contributed by atoms with van der Waals surface area (Å²) in [6.45, 7) is 1.54. The highest BCUT2D eigenvalue weighted by molar-refractivity contribution is 5.94. The molecule has 0 aliphatic rings. The summed E-state index contributed by atoms with van der Waals surface area (Å²) < 4.78 is 0. The first-order valence-corrected chi connectivity index (χ1v) is 9.85. The number of aliphatic hydroxyl groups excluding tert-OH is 2. The van der Waals surface area contributed by atoms with Gasteiger partial charge in [-0.1, -0.05) is 18.2 Å². The van der Waals surface area contributed by atoms with E-state index in [9.17, 15) is 14.4 Å². The molecule has 0 fully saturated rings. The minimum Gasteiger partial charge on any atom is -0.479 e. The highest BCUT2D eigenvalue weighted by Gasteiger charge is 2.29. The summed E-state index contributed by atoms with van der Waals surface area (Å²) in [6.07, 6.45) is -0.969. The van der Waals surface area contributed by atoms with Gasteiger partial charge in [-0.05, 0) is 56.8 Å². The van der Waals surface area contributed by atoms with Gasteiger partial charge in [-0.2, -0.15) is 0 Å². The van der Waals surface area contributed by atoms with Gasteiger partial charge >= 0.3 is 11.9 Å². The lowest BCUT2D eigenvalue weighted by atomic mass is 10.1. The molecule has 10 nitrogen and oxygen atoms in total. The van der Waals surface area contributed by atoms with Crippen molar-refractivity contribution < 1.29 is 34.8 Å². The Morgan fingerprint density at radius 3 is 2.03 bits per heavy atom. The molecule has 2 unspecified atom stereocenters. The SMILES string of the molecule is CN(C)Cc1ccc(C(=O)NCCCc2ccccn2)cc1.O=C(O)C(O)C(O)C(=O)O. The number of benzene rings is 1. The standard InChI is InChI=1S/C18H23N3O.C4H6O6/c1-21(2)14-15-8-10-16(11-9-15)18(22)20-13-5-7-17-6-3-4-12-19-17;5-1(3(7)8)2(6)4(9)10/h3-4,6,8-12H,5,7,13-14H2,1-2H3,(H,20,22);1-2,5-6H,(H,7,8)(H,9,10). The van der Waals surface area contributed by atoms with Crippen molar-refractivity contribution in [1.82, 2.24) is 15.2 Å². The number of hydrogen-bond donors (Lipinski definition) is 5. The first kappa shape index (κ1) is 26.7. The van der Waals surface area contributed by atoms with E-state index >= 15 is 0 Å². The van der Waals surface area contributed by atoms with Crippen LogP contribution in [0.1, 0.15) is 28.0 Å². The molecule has 1 aromatic heterocycles. The van der Waals surface area contributed by atoms with E-state index < -0.39 is 24.1 Å². The number of aromatic nitrogens is 1. The van der Waals surface area contributed by atoms with Crippen LogP contribution in [-0.2, 0) is 22.6 Å². The fourth-order valence-corrected chi connectivity index (χ4v) is 2.52. The van der Waals surface area contributed by atoms with Gasteiger partial charge in [0.2, 0.25) is 0 Å². The molecule has 1 heterocycles. The number of carbonyl (C=O) groups excluding carboxylic acids is 1. The number of aliphatic carboxylic acids is 2. The van der Waals surface area contributed by atoms with Crippen LogP contribution in [0.15, 0.2) is 48.7 Å². The van der Waals surface area contributed by atoms with Crippen molar-refractivity contribution >= 4 is 17.8 Å². The highest BCUT2D eigenvalue weighted by atomic mass is 16.4. The van der Waals surface area contributed by atoms with Crippen LogP contribution in [0, 0.1) is 0 Å². The van der Waals surface area contributed by atoms with Gasteiger partial charge in [0.05, 0.1) is 0 Å². The van der Waals surface area contributed by atoms with Crippen LogP contribution >= 0.6 is 0 Å². The Morgan fingerprint density at radius 2 is 1.56 bits per heavy atom. The fourth-order valence-electron chi connectivity index (χ4n) is 2.52. The predicted octanol–water partition coefficient (Wildman–Crippen LogP) is 0.383. The van der Waals surface area contributed by atoms with E-state index in [1.165, 1.54) is 5.56 Å². The first-order chi connectivity index (χ1) is 15.1. The molecule has 0 radical (unpaired) electrons. The molecule has 32 heavy (non-hydrogen) atoms. The number of pyridine rings is 1. The van der Waals surface area contributed by atoms with Crippen molar-refractivity contribution in [3.05, 3.63) is 65.5 Å². The number of carbonyl (C=O) groups is 3. The molecule has 0 bridgehead atoms. The molecule has 174 valence electrons. The number of hydrogen-bond acceptors (Lipinski definition) is 7. The monoisotopic (exact) mass is 447 g/mol. The third kappa shape index (κ3) is 10.1. The maximum Gasteiger partial charge on any atom is 0.335 e. The van der Waals surface area contributed by atoms with Gasteiger partial charge < -0.3 is 30.6 Å². The van der Waals surface area contributed by atoms with Crippen molar-refractivity contribution in [2.75, 3.05) is 20.6 Å². The third-order valence-corrected chi connectivity index (χ3v) is 4.14. The zero-order chi connectivity index (χ0) is 24.1. The summed E-state index contributed by atoms with van der Waals surface area (Å²) >= 11 is 0. The normalized spacial score (nSPS) is 12.3. The topological polar surface area (TPSA) is 160 Å². The lowest BCUT2D eigenvalue weighted by Crippen LogP contribution is -2.39. The van der Waals surface area contributed by atoms with Gasteiger partial charge in [0.25, 0.3) is 5.91 Å². The average Bonchev–Trinajstić information content (AvgIpc) is 2.76. The minimum atomic E-state index is -2.27. The van der Waals surface area contributed by atoms with E-state index in [1.807, 2.05) is 56.6 Å². The van der Waals surface area contributed by atoms with Crippen LogP contribution in [0.2, 0.25) is 0 Å². The smallest absolute Gasteiger partial charge is 0.335 e. The summed E-state index contributed by atoms with van der Waals surface area (Å²) in [5.41, 5.74) is 2.97. The van der Waals surface area contributed by atoms with Crippen molar-refractivity contribution in [1.29, 1.82) is 0 Å². The number of nitrogens with zero attached hydrogens (tertiary/aromatic N) is 2. The summed E-state index contributed by atoms with van der Waals surface area (Å²) in [5.74, 6) is -3.55. The number of carboxylic acid groups (broad SMARTS) is 2. The second-order valence-corrected chi connectivity index (χ2v) is 7.18. The van der Waals surface area contributed by atoms with Gasteiger partial charge in [0.1, 0.15) is 0 Å². The lowest BCUT2D eigenvalue weighted by molar-refractivity contribution is -0.165. The van der Waals surface area contributed by atoms with E-state index in [2.05, 4.69) is 15.2 Å². The van der Waals surface area contributed by atoms with E-state index in [-0.39, 0.29) is 5.91 Å². The third-order valence-electron chi connectivity index (χ3n) is 4.14. The Bertz CT molecular complexity index is 840. The summed E-state index contributed by atoms with van der Waals surface area (Å²) in [6, 6.07) is 13.7. The van der Waals surface area contributed by atoms with Crippen molar-refractivity contribution in [2.24, 2.45) is 0 Å². The second kappa shape index (κ2) is 13.9. The second-order valence-electron chi connectivity index (χ2n) is 7.18. The number of amides is 1. The van der Waals surface area contributed by atoms with E-state index in [4.69, 9.17) is 20.4 Å². The van der Waals surface area contributed by atoms with Crippen molar-refractivity contribution in [2.45, 2.75) is 31.6 Å². The molecule has 2 atom stereocenters. The quantitative estimate of drug-likeness (QED) is 0.324. The molecular formula is C22H29N3O7. The largest absolute Gasteiger partial charge is 0.479 e. The number of carboxylic acids is 2. The maximum absolute atomic E-state index is 12.1. The van der Waals surface area contributed by atoms with E-state index in [0.29, 0.717) is 12.1 Å². The maximum atomic E-state index is 12.1. The first-order valence-electron chi connectivity index (χ1n) is 9.85. The van der Waals surface area contributed by atoms with Crippen molar-refractivity contribution in [3.8, 4) is 0 Å². The molecular weight excluding hydrogens is 418 g/mol. The van der Waals surface area contributed by atoms with Crippen LogP contribution in [-0.4, -0.2) is 81.0 Å². The summed E-state index contributed by atoms with van der Waals surface area (Å²) in [7, 11) is 4.06. The molecule has 1 aromatic carbocycles. The lowest BCUT2D eigenvalue weighted by Gasteiger charge is -2.10. The summed E-state index contributed by atoms with van der Waals surface area (Å²) in [4.78, 5) is 38.0. The Labute approximate surface area is 186 Å². The Morgan fingerprint density at radius 1 is 0.969 bits per heavy atom. The van der Waals surface area contributed by atoms with Crippen LogP contribution in [0.5, 0.6) is 0 Å². The number of aliphatic hydroxyl groups is 2. The number of aryl methyl sites for hydroxylation is 1. The summed E-state index contributed by atoms with van der Waals surface area (Å²) in [5, 5.41) is 35.5. The molecule has 2 rings (SSSR count). The zero-order valence-electron chi connectivity index (χ0n) is 18.0. The van der Waals surface area contributed by atoms with Gasteiger partial charge in [0.15, 0.2) is 12.2 Å². The molecule has 2 aromatic rings. The zero-order valence-corrected chi connectivity index (χ0v) is 18.0. The number of nitrogens with one attached hydrogen (secondary N) is 1. The molecule has 0 aliphatic heterocycles. The van der Waals surface area contributed by atoms with Crippen LogP contribution < -0.4 is 5.32 Å². The number of rotatable bonds is 10. The Hall–Kier alpha value is -3.34. The molecule has 0 spiro atoms. The van der Waals surface area contributed by atoms with Gasteiger partial charge in [-0.3, -0.25) is 9.78 Å². The van der Waals surface area contributed by atoms with Crippen LogP contribution in [0.25, 0.3) is 0 Å². The minimum absolute atomic E-state index is 0.0163. The molecule has 0 aliphatic carbocycles. The predicted molar refractivity (Wildman–Crippen MR) is 116 cm³/mol. The molecule has 10 heteroatoms. The molecule has 0 saturated heterocycles.